The van der Waals surface area contributed by atoms with Gasteiger partial charge in [-0.25, -0.2) is 0 Å². The lowest BCUT2D eigenvalue weighted by molar-refractivity contribution is -0.135. The molecule has 7 heteroatoms. The molecule has 1 fully saturated rings. The Morgan fingerprint density at radius 1 is 1.32 bits per heavy atom. The molecule has 0 saturated carbocycles. The number of carbonyl (C=O) groups is 2. The molecule has 0 radical (unpaired) electrons. The largest absolute Gasteiger partial charge is 0.497 e. The maximum Gasteiger partial charge on any atom is 0.224 e. The van der Waals surface area contributed by atoms with Crippen LogP contribution in [0.25, 0.3) is 0 Å². The van der Waals surface area contributed by atoms with Crippen LogP contribution >= 0.6 is 0 Å². The molecule has 1 aliphatic rings. The third kappa shape index (κ3) is 7.13. The molecular weight excluding hydrogens is 360 g/mol. The van der Waals surface area contributed by atoms with Gasteiger partial charge < -0.3 is 24.8 Å². The SMILES string of the molecule is CCCC(=O)N1CCCC(C(=O)NCC(O)COCc2ccc(OC)cc2)C1. The summed E-state index contributed by atoms with van der Waals surface area (Å²) in [5.41, 5.74) is 0.982. The predicted octanol–water partition coefficient (Wildman–Crippen LogP) is 1.73. The van der Waals surface area contributed by atoms with Crippen LogP contribution in [0.4, 0.5) is 0 Å². The van der Waals surface area contributed by atoms with Crippen LogP contribution in [0.15, 0.2) is 24.3 Å². The monoisotopic (exact) mass is 392 g/mol. The highest BCUT2D eigenvalue weighted by Crippen LogP contribution is 2.18. The number of amides is 2. The molecule has 0 aliphatic carbocycles. The van der Waals surface area contributed by atoms with Crippen molar-refractivity contribution in [3.8, 4) is 5.75 Å². The van der Waals surface area contributed by atoms with Gasteiger partial charge >= 0.3 is 0 Å². The molecule has 2 unspecified atom stereocenters. The second-order valence-corrected chi connectivity index (χ2v) is 7.19. The number of likely N-dealkylation sites (tertiary alicyclic amines) is 1. The molecule has 2 amide bonds. The summed E-state index contributed by atoms with van der Waals surface area (Å²) >= 11 is 0. The second-order valence-electron chi connectivity index (χ2n) is 7.19. The van der Waals surface area contributed by atoms with Crippen LogP contribution in [-0.4, -0.2) is 61.3 Å². The molecule has 1 heterocycles. The van der Waals surface area contributed by atoms with E-state index in [1.165, 1.54) is 0 Å². The molecule has 1 aromatic rings. The molecule has 1 aromatic carbocycles. The van der Waals surface area contributed by atoms with Crippen LogP contribution in [0.2, 0.25) is 0 Å². The average Bonchev–Trinajstić information content (AvgIpc) is 2.72. The molecule has 2 atom stereocenters. The fraction of sp³-hybridized carbons (Fsp3) is 0.619. The first-order chi connectivity index (χ1) is 13.5. The van der Waals surface area contributed by atoms with Crippen molar-refractivity contribution in [1.29, 1.82) is 0 Å². The highest BCUT2D eigenvalue weighted by molar-refractivity contribution is 5.81. The highest BCUT2D eigenvalue weighted by Gasteiger charge is 2.28. The number of nitrogens with zero attached hydrogens (tertiary/aromatic N) is 1. The van der Waals surface area contributed by atoms with E-state index < -0.39 is 6.10 Å². The van der Waals surface area contributed by atoms with Crippen LogP contribution in [0.1, 0.15) is 38.2 Å². The Kier molecular flexibility index (Phi) is 9.23. The first kappa shape index (κ1) is 22.2. The van der Waals surface area contributed by atoms with Crippen LogP contribution in [0, 0.1) is 5.92 Å². The summed E-state index contributed by atoms with van der Waals surface area (Å²) in [6.45, 7) is 3.83. The molecule has 2 rings (SSSR count). The quantitative estimate of drug-likeness (QED) is 0.633. The number of hydrogen-bond acceptors (Lipinski definition) is 5. The molecule has 0 aromatic heterocycles. The maximum atomic E-state index is 12.4. The van der Waals surface area contributed by atoms with Crippen molar-refractivity contribution < 1.29 is 24.2 Å². The summed E-state index contributed by atoms with van der Waals surface area (Å²) in [7, 11) is 1.62. The van der Waals surface area contributed by atoms with Gasteiger partial charge in [-0.1, -0.05) is 19.1 Å². The van der Waals surface area contributed by atoms with E-state index in [0.29, 0.717) is 19.6 Å². The first-order valence-electron chi connectivity index (χ1n) is 9.97. The summed E-state index contributed by atoms with van der Waals surface area (Å²) in [4.78, 5) is 26.2. The molecule has 7 nitrogen and oxygen atoms in total. The lowest BCUT2D eigenvalue weighted by Gasteiger charge is -2.32. The molecule has 0 spiro atoms. The van der Waals surface area contributed by atoms with Crippen molar-refractivity contribution in [2.75, 3.05) is 33.4 Å². The Morgan fingerprint density at radius 3 is 2.75 bits per heavy atom. The topological polar surface area (TPSA) is 88.1 Å². The average molecular weight is 392 g/mol. The molecule has 156 valence electrons. The zero-order valence-corrected chi connectivity index (χ0v) is 16.9. The Balaban J connectivity index is 1.66. The van der Waals surface area contributed by atoms with Gasteiger partial charge in [0.15, 0.2) is 0 Å². The zero-order valence-electron chi connectivity index (χ0n) is 16.9. The van der Waals surface area contributed by atoms with E-state index in [1.807, 2.05) is 31.2 Å². The number of nitrogens with one attached hydrogen (secondary N) is 1. The standard InChI is InChI=1S/C21H32N2O5/c1-3-5-20(25)23-11-4-6-17(13-23)21(26)22-12-18(24)15-28-14-16-7-9-19(27-2)10-8-16/h7-10,17-18,24H,3-6,11-15H2,1-2H3,(H,22,26). The predicted molar refractivity (Wildman–Crippen MR) is 106 cm³/mol. The van der Waals surface area contributed by atoms with Crippen molar-refractivity contribution in [2.45, 2.75) is 45.3 Å². The number of rotatable bonds is 10. The van der Waals surface area contributed by atoms with Gasteiger partial charge in [-0.05, 0) is 37.0 Å². The summed E-state index contributed by atoms with van der Waals surface area (Å²) in [6, 6.07) is 7.52. The number of aliphatic hydroxyl groups excluding tert-OH is 1. The number of hydrogen-bond donors (Lipinski definition) is 2. The van der Waals surface area contributed by atoms with E-state index in [2.05, 4.69) is 5.32 Å². The zero-order chi connectivity index (χ0) is 20.4. The van der Waals surface area contributed by atoms with Gasteiger partial charge in [-0.15, -0.1) is 0 Å². The summed E-state index contributed by atoms with van der Waals surface area (Å²) in [6.07, 6.45) is 2.17. The first-order valence-corrected chi connectivity index (χ1v) is 9.97. The Labute approximate surface area is 167 Å². The lowest BCUT2D eigenvalue weighted by atomic mass is 9.96. The summed E-state index contributed by atoms with van der Waals surface area (Å²) < 4.78 is 10.6. The second kappa shape index (κ2) is 11.7. The maximum absolute atomic E-state index is 12.4. The van der Waals surface area contributed by atoms with E-state index in [0.717, 1.165) is 37.1 Å². The number of aliphatic hydroxyl groups is 1. The molecule has 1 aliphatic heterocycles. The number of ether oxygens (including phenoxy) is 2. The highest BCUT2D eigenvalue weighted by atomic mass is 16.5. The van der Waals surface area contributed by atoms with Crippen LogP contribution in [0.3, 0.4) is 0 Å². The molecule has 1 saturated heterocycles. The van der Waals surface area contributed by atoms with Crippen LogP contribution in [0.5, 0.6) is 5.75 Å². The van der Waals surface area contributed by atoms with E-state index in [4.69, 9.17) is 9.47 Å². The van der Waals surface area contributed by atoms with E-state index in [1.54, 1.807) is 12.0 Å². The fourth-order valence-corrected chi connectivity index (χ4v) is 3.25. The summed E-state index contributed by atoms with van der Waals surface area (Å²) in [5, 5.41) is 12.8. The Morgan fingerprint density at radius 2 is 2.07 bits per heavy atom. The third-order valence-electron chi connectivity index (χ3n) is 4.86. The Hall–Kier alpha value is -2.12. The minimum absolute atomic E-state index is 0.108. The van der Waals surface area contributed by atoms with Crippen molar-refractivity contribution >= 4 is 11.8 Å². The number of methoxy groups -OCH3 is 1. The molecular formula is C21H32N2O5. The molecule has 28 heavy (non-hydrogen) atoms. The smallest absolute Gasteiger partial charge is 0.224 e. The van der Waals surface area contributed by atoms with Crippen LogP contribution in [-0.2, 0) is 20.9 Å². The van der Waals surface area contributed by atoms with Gasteiger partial charge in [0.1, 0.15) is 5.75 Å². The van der Waals surface area contributed by atoms with E-state index >= 15 is 0 Å². The van der Waals surface area contributed by atoms with Crippen molar-refractivity contribution in [1.82, 2.24) is 10.2 Å². The van der Waals surface area contributed by atoms with Crippen molar-refractivity contribution in [3.05, 3.63) is 29.8 Å². The minimum Gasteiger partial charge on any atom is -0.497 e. The van der Waals surface area contributed by atoms with Gasteiger partial charge in [0.2, 0.25) is 11.8 Å². The fourth-order valence-electron chi connectivity index (χ4n) is 3.25. The van der Waals surface area contributed by atoms with Gasteiger partial charge in [-0.2, -0.15) is 0 Å². The van der Waals surface area contributed by atoms with E-state index in [-0.39, 0.29) is 30.9 Å². The number of carbonyl (C=O) groups excluding carboxylic acids is 2. The Bertz CT molecular complexity index is 620. The lowest BCUT2D eigenvalue weighted by Crippen LogP contribution is -2.46. The van der Waals surface area contributed by atoms with Gasteiger partial charge in [0.25, 0.3) is 0 Å². The van der Waals surface area contributed by atoms with Gasteiger partial charge in [-0.3, -0.25) is 9.59 Å². The minimum atomic E-state index is -0.774. The third-order valence-corrected chi connectivity index (χ3v) is 4.86. The molecule has 2 N–H and O–H groups in total. The normalized spacial score (nSPS) is 17.8. The molecule has 0 bridgehead atoms. The number of benzene rings is 1. The van der Waals surface area contributed by atoms with Crippen LogP contribution < -0.4 is 10.1 Å². The van der Waals surface area contributed by atoms with E-state index in [9.17, 15) is 14.7 Å². The van der Waals surface area contributed by atoms with Crippen molar-refractivity contribution in [2.24, 2.45) is 5.92 Å². The number of piperidine rings is 1. The van der Waals surface area contributed by atoms with Gasteiger partial charge in [0.05, 0.1) is 32.3 Å². The summed E-state index contributed by atoms with van der Waals surface area (Å²) in [5.74, 6) is 0.585. The van der Waals surface area contributed by atoms with Crippen molar-refractivity contribution in [3.63, 3.8) is 0 Å². The van der Waals surface area contributed by atoms with Gasteiger partial charge in [0, 0.05) is 26.1 Å².